The third-order valence-corrected chi connectivity index (χ3v) is 3.80. The summed E-state index contributed by atoms with van der Waals surface area (Å²) >= 11 is 0. The molecule has 4 heterocycles. The van der Waals surface area contributed by atoms with E-state index < -0.39 is 0 Å². The molecule has 0 saturated carbocycles. The van der Waals surface area contributed by atoms with Gasteiger partial charge < -0.3 is 4.74 Å². The fourth-order valence-electron chi connectivity index (χ4n) is 2.83. The van der Waals surface area contributed by atoms with Gasteiger partial charge in [-0.3, -0.25) is 4.57 Å². The number of rotatable bonds is 3. The Morgan fingerprint density at radius 2 is 2.10 bits per heavy atom. The van der Waals surface area contributed by atoms with Crippen LogP contribution in [0.1, 0.15) is 18.7 Å². The average molecular weight is 280 g/mol. The average Bonchev–Trinajstić information content (AvgIpc) is 3.15. The van der Waals surface area contributed by atoms with Gasteiger partial charge in [0.1, 0.15) is 17.2 Å². The van der Waals surface area contributed by atoms with Crippen LogP contribution in [0.25, 0.3) is 17.0 Å². The van der Waals surface area contributed by atoms with Crippen LogP contribution in [0, 0.1) is 0 Å². The largest absolute Gasteiger partial charge is 0.378 e. The third kappa shape index (κ3) is 2.29. The molecule has 0 aromatic carbocycles. The van der Waals surface area contributed by atoms with Gasteiger partial charge in [0.15, 0.2) is 5.65 Å². The number of pyridine rings is 2. The SMILES string of the molecule is c1ccc(-n2c(CC3CCCO3)nc3cccnc32)nc1. The van der Waals surface area contributed by atoms with Crippen LogP contribution in [0.4, 0.5) is 0 Å². The number of aromatic nitrogens is 4. The van der Waals surface area contributed by atoms with Gasteiger partial charge >= 0.3 is 0 Å². The van der Waals surface area contributed by atoms with Crippen molar-refractivity contribution in [3.63, 3.8) is 0 Å². The van der Waals surface area contributed by atoms with Crippen LogP contribution in [0.3, 0.4) is 0 Å². The van der Waals surface area contributed by atoms with Crippen LogP contribution in [0.15, 0.2) is 42.7 Å². The Kier molecular flexibility index (Phi) is 3.12. The molecular weight excluding hydrogens is 264 g/mol. The first-order valence-corrected chi connectivity index (χ1v) is 7.27. The lowest BCUT2D eigenvalue weighted by molar-refractivity contribution is 0.109. The van der Waals surface area contributed by atoms with E-state index in [0.29, 0.717) is 0 Å². The van der Waals surface area contributed by atoms with Crippen LogP contribution in [-0.4, -0.2) is 32.2 Å². The molecule has 5 nitrogen and oxygen atoms in total. The first kappa shape index (κ1) is 12.5. The van der Waals surface area contributed by atoms with E-state index >= 15 is 0 Å². The minimum Gasteiger partial charge on any atom is -0.378 e. The van der Waals surface area contributed by atoms with Crippen molar-refractivity contribution in [3.8, 4) is 5.82 Å². The Hall–Kier alpha value is -2.27. The summed E-state index contributed by atoms with van der Waals surface area (Å²) in [5.41, 5.74) is 1.75. The Balaban J connectivity index is 1.84. The highest BCUT2D eigenvalue weighted by atomic mass is 16.5. The summed E-state index contributed by atoms with van der Waals surface area (Å²) in [5.74, 6) is 1.82. The molecule has 3 aromatic heterocycles. The molecule has 0 N–H and O–H groups in total. The number of hydrogen-bond donors (Lipinski definition) is 0. The highest BCUT2D eigenvalue weighted by Crippen LogP contribution is 2.22. The van der Waals surface area contributed by atoms with Crippen molar-refractivity contribution >= 4 is 11.2 Å². The maximum Gasteiger partial charge on any atom is 0.165 e. The molecule has 4 rings (SSSR count). The molecule has 0 aliphatic carbocycles. The topological polar surface area (TPSA) is 52.8 Å². The minimum atomic E-state index is 0.254. The summed E-state index contributed by atoms with van der Waals surface area (Å²) in [7, 11) is 0. The van der Waals surface area contributed by atoms with Crippen molar-refractivity contribution in [1.29, 1.82) is 0 Å². The quantitative estimate of drug-likeness (QED) is 0.740. The summed E-state index contributed by atoms with van der Waals surface area (Å²) in [6, 6.07) is 9.77. The number of hydrogen-bond acceptors (Lipinski definition) is 4. The number of ether oxygens (including phenoxy) is 1. The first-order chi connectivity index (χ1) is 10.4. The molecular formula is C16H16N4O. The zero-order valence-corrected chi connectivity index (χ0v) is 11.6. The second-order valence-corrected chi connectivity index (χ2v) is 5.24. The fourth-order valence-corrected chi connectivity index (χ4v) is 2.83. The predicted octanol–water partition coefficient (Wildman–Crippen LogP) is 2.54. The second kappa shape index (κ2) is 5.26. The molecule has 0 radical (unpaired) electrons. The Labute approximate surface area is 122 Å². The summed E-state index contributed by atoms with van der Waals surface area (Å²) in [6.07, 6.45) is 6.86. The first-order valence-electron chi connectivity index (χ1n) is 7.27. The third-order valence-electron chi connectivity index (χ3n) is 3.80. The smallest absolute Gasteiger partial charge is 0.165 e. The van der Waals surface area contributed by atoms with Gasteiger partial charge in [0.05, 0.1) is 6.10 Å². The molecule has 1 fully saturated rings. The van der Waals surface area contributed by atoms with E-state index in [4.69, 9.17) is 9.72 Å². The predicted molar refractivity (Wildman–Crippen MR) is 79.3 cm³/mol. The fraction of sp³-hybridized carbons (Fsp3) is 0.312. The monoisotopic (exact) mass is 280 g/mol. The minimum absolute atomic E-state index is 0.254. The lowest BCUT2D eigenvalue weighted by Gasteiger charge is -2.11. The summed E-state index contributed by atoms with van der Waals surface area (Å²) < 4.78 is 7.79. The lowest BCUT2D eigenvalue weighted by atomic mass is 10.2. The molecule has 1 atom stereocenters. The maximum absolute atomic E-state index is 5.75. The van der Waals surface area contributed by atoms with E-state index in [1.54, 1.807) is 12.4 Å². The standard InChI is InChI=1S/C16H16N4O/c1-2-8-17-14(7-1)20-15(11-12-5-4-10-21-12)19-13-6-3-9-18-16(13)20/h1-3,6-9,12H,4-5,10-11H2. The Morgan fingerprint density at radius 1 is 1.14 bits per heavy atom. The number of nitrogens with zero attached hydrogens (tertiary/aromatic N) is 4. The molecule has 106 valence electrons. The van der Waals surface area contributed by atoms with Crippen LogP contribution < -0.4 is 0 Å². The van der Waals surface area contributed by atoms with Gasteiger partial charge in [-0.15, -0.1) is 0 Å². The van der Waals surface area contributed by atoms with Crippen LogP contribution >= 0.6 is 0 Å². The van der Waals surface area contributed by atoms with Crippen molar-refractivity contribution in [1.82, 2.24) is 19.5 Å². The lowest BCUT2D eigenvalue weighted by Crippen LogP contribution is -2.14. The van der Waals surface area contributed by atoms with Gasteiger partial charge in [-0.05, 0) is 37.1 Å². The van der Waals surface area contributed by atoms with Crippen molar-refractivity contribution in [2.24, 2.45) is 0 Å². The number of imidazole rings is 1. The molecule has 0 spiro atoms. The van der Waals surface area contributed by atoms with Gasteiger partial charge in [0.2, 0.25) is 0 Å². The number of fused-ring (bicyclic) bond motifs is 1. The Morgan fingerprint density at radius 3 is 2.90 bits per heavy atom. The van der Waals surface area contributed by atoms with E-state index in [0.717, 1.165) is 48.7 Å². The molecule has 0 bridgehead atoms. The van der Waals surface area contributed by atoms with Gasteiger partial charge in [0.25, 0.3) is 0 Å². The van der Waals surface area contributed by atoms with Gasteiger partial charge in [-0.1, -0.05) is 6.07 Å². The van der Waals surface area contributed by atoms with Crippen LogP contribution in [0.5, 0.6) is 0 Å². The summed E-state index contributed by atoms with van der Waals surface area (Å²) in [6.45, 7) is 0.854. The zero-order chi connectivity index (χ0) is 14.1. The van der Waals surface area contributed by atoms with Crippen molar-refractivity contribution in [2.45, 2.75) is 25.4 Å². The van der Waals surface area contributed by atoms with Crippen LogP contribution in [0.2, 0.25) is 0 Å². The molecule has 1 aliphatic heterocycles. The molecule has 21 heavy (non-hydrogen) atoms. The van der Waals surface area contributed by atoms with Crippen LogP contribution in [-0.2, 0) is 11.2 Å². The molecule has 0 amide bonds. The highest BCUT2D eigenvalue weighted by molar-refractivity contribution is 5.73. The highest BCUT2D eigenvalue weighted by Gasteiger charge is 2.21. The Bertz CT molecular complexity index is 747. The van der Waals surface area contributed by atoms with Gasteiger partial charge in [0, 0.05) is 25.4 Å². The molecule has 3 aromatic rings. The van der Waals surface area contributed by atoms with E-state index in [2.05, 4.69) is 9.97 Å². The summed E-state index contributed by atoms with van der Waals surface area (Å²) in [4.78, 5) is 13.7. The van der Waals surface area contributed by atoms with E-state index in [1.165, 1.54) is 0 Å². The maximum atomic E-state index is 5.75. The summed E-state index contributed by atoms with van der Waals surface area (Å²) in [5, 5.41) is 0. The van der Waals surface area contributed by atoms with Crippen molar-refractivity contribution < 1.29 is 4.74 Å². The van der Waals surface area contributed by atoms with E-state index in [9.17, 15) is 0 Å². The molecule has 1 saturated heterocycles. The zero-order valence-electron chi connectivity index (χ0n) is 11.6. The molecule has 1 aliphatic rings. The second-order valence-electron chi connectivity index (χ2n) is 5.24. The normalized spacial score (nSPS) is 18.4. The molecule has 1 unspecified atom stereocenters. The molecule has 5 heteroatoms. The van der Waals surface area contributed by atoms with Gasteiger partial charge in [-0.25, -0.2) is 15.0 Å². The van der Waals surface area contributed by atoms with Crippen molar-refractivity contribution in [3.05, 3.63) is 48.5 Å². The van der Waals surface area contributed by atoms with E-state index in [-0.39, 0.29) is 6.10 Å². The van der Waals surface area contributed by atoms with E-state index in [1.807, 2.05) is 34.9 Å². The van der Waals surface area contributed by atoms with Gasteiger partial charge in [-0.2, -0.15) is 0 Å². The van der Waals surface area contributed by atoms with Crippen molar-refractivity contribution in [2.75, 3.05) is 6.61 Å².